The Hall–Kier alpha value is -2.54. The molecule has 22 heavy (non-hydrogen) atoms. The number of carbonyl (C=O) groups is 2. The van der Waals surface area contributed by atoms with Crippen LogP contribution in [0.2, 0.25) is 0 Å². The number of carbonyl (C=O) groups excluding carboxylic acids is 1. The maximum atomic E-state index is 12.5. The Bertz CT molecular complexity index is 746. The first kappa shape index (κ1) is 15.8. The quantitative estimate of drug-likeness (QED) is 0.488. The molecule has 6 nitrogen and oxygen atoms in total. The van der Waals surface area contributed by atoms with Crippen molar-refractivity contribution in [1.29, 1.82) is 0 Å². The average molecular weight is 367 g/mol. The molecule has 0 amide bonds. The number of halogens is 1. The van der Waals surface area contributed by atoms with Gasteiger partial charge in [0.15, 0.2) is 0 Å². The van der Waals surface area contributed by atoms with Crippen LogP contribution in [0, 0.1) is 0 Å². The molecule has 0 saturated heterocycles. The van der Waals surface area contributed by atoms with Crippen LogP contribution in [0.3, 0.4) is 0 Å². The lowest BCUT2D eigenvalue weighted by Crippen LogP contribution is -2.10. The minimum Gasteiger partial charge on any atom is -0.507 e. The molecule has 4 N–H and O–H groups in total. The molecule has 7 heteroatoms. The van der Waals surface area contributed by atoms with Crippen molar-refractivity contribution < 1.29 is 30.0 Å². The number of aromatic hydroxyl groups is 3. The number of rotatable bonds is 4. The Morgan fingerprint density at radius 1 is 0.955 bits per heavy atom. The number of carboxylic acid groups (broad SMARTS) is 1. The van der Waals surface area contributed by atoms with Gasteiger partial charge in [0, 0.05) is 5.33 Å². The zero-order chi connectivity index (χ0) is 16.4. The van der Waals surface area contributed by atoms with E-state index >= 15 is 0 Å². The van der Waals surface area contributed by atoms with E-state index < -0.39 is 45.7 Å². The molecule has 2 aromatic rings. The Morgan fingerprint density at radius 2 is 1.55 bits per heavy atom. The number of hydrogen-bond donors (Lipinski definition) is 4. The van der Waals surface area contributed by atoms with E-state index in [1.54, 1.807) is 0 Å². The summed E-state index contributed by atoms with van der Waals surface area (Å²) in [6.45, 7) is 0. The molecule has 0 spiro atoms. The van der Waals surface area contributed by atoms with Crippen molar-refractivity contribution in [2.45, 2.75) is 5.33 Å². The highest BCUT2D eigenvalue weighted by Crippen LogP contribution is 2.34. The Labute approximate surface area is 133 Å². The highest BCUT2D eigenvalue weighted by Gasteiger charge is 2.26. The van der Waals surface area contributed by atoms with E-state index in [1.807, 2.05) is 0 Å². The Kier molecular flexibility index (Phi) is 4.37. The molecule has 0 heterocycles. The van der Waals surface area contributed by atoms with Gasteiger partial charge in [0.1, 0.15) is 22.8 Å². The van der Waals surface area contributed by atoms with Gasteiger partial charge in [-0.3, -0.25) is 4.79 Å². The van der Waals surface area contributed by atoms with Crippen molar-refractivity contribution in [3.63, 3.8) is 0 Å². The normalized spacial score (nSPS) is 10.4. The number of ketones is 1. The van der Waals surface area contributed by atoms with E-state index in [0.29, 0.717) is 10.9 Å². The summed E-state index contributed by atoms with van der Waals surface area (Å²) in [6, 6.07) is 6.12. The molecular weight excluding hydrogens is 356 g/mol. The van der Waals surface area contributed by atoms with Crippen molar-refractivity contribution in [1.82, 2.24) is 0 Å². The van der Waals surface area contributed by atoms with Crippen molar-refractivity contribution in [2.75, 3.05) is 0 Å². The topological polar surface area (TPSA) is 115 Å². The molecule has 0 aliphatic rings. The number of phenolic OH excluding ortho intramolecular Hbond substituents is 3. The zero-order valence-electron chi connectivity index (χ0n) is 11.1. The van der Waals surface area contributed by atoms with Gasteiger partial charge in [-0.05, 0) is 29.8 Å². The third kappa shape index (κ3) is 2.75. The van der Waals surface area contributed by atoms with Gasteiger partial charge in [-0.15, -0.1) is 0 Å². The lowest BCUT2D eigenvalue weighted by atomic mass is 9.95. The third-order valence-corrected chi connectivity index (χ3v) is 3.69. The minimum absolute atomic E-state index is 0.347. The molecular formula is C15H11BrO6. The Morgan fingerprint density at radius 3 is 2.05 bits per heavy atom. The summed E-state index contributed by atoms with van der Waals surface area (Å²) >= 11 is 3.15. The molecule has 0 aliphatic carbocycles. The van der Waals surface area contributed by atoms with Gasteiger partial charge in [0.2, 0.25) is 5.78 Å². The maximum Gasteiger partial charge on any atom is 0.336 e. The maximum absolute atomic E-state index is 12.5. The molecule has 114 valence electrons. The van der Waals surface area contributed by atoms with Crippen LogP contribution in [0.1, 0.15) is 31.8 Å². The van der Waals surface area contributed by atoms with Crippen molar-refractivity contribution >= 4 is 27.7 Å². The second-order valence-electron chi connectivity index (χ2n) is 4.48. The van der Waals surface area contributed by atoms with E-state index in [0.717, 1.165) is 12.1 Å². The lowest BCUT2D eigenvalue weighted by Gasteiger charge is -2.11. The SMILES string of the molecule is O=C(O)c1cccc(O)c1C(=O)c1c(O)cc(CBr)cc1O. The van der Waals surface area contributed by atoms with Crippen LogP contribution in [0.25, 0.3) is 0 Å². The molecule has 2 aromatic carbocycles. The lowest BCUT2D eigenvalue weighted by molar-refractivity contribution is 0.0692. The number of hydrogen-bond acceptors (Lipinski definition) is 5. The third-order valence-electron chi connectivity index (χ3n) is 3.04. The van der Waals surface area contributed by atoms with Crippen LogP contribution in [-0.2, 0) is 5.33 Å². The van der Waals surface area contributed by atoms with E-state index in [1.165, 1.54) is 18.2 Å². The molecule has 0 aromatic heterocycles. The second-order valence-corrected chi connectivity index (χ2v) is 5.04. The molecule has 0 unspecified atom stereocenters. The first-order valence-electron chi connectivity index (χ1n) is 6.07. The molecule has 2 rings (SSSR count). The first-order chi connectivity index (χ1) is 10.4. The summed E-state index contributed by atoms with van der Waals surface area (Å²) in [4.78, 5) is 23.7. The van der Waals surface area contributed by atoms with E-state index in [9.17, 15) is 24.9 Å². The number of benzene rings is 2. The fraction of sp³-hybridized carbons (Fsp3) is 0.0667. The average Bonchev–Trinajstić information content (AvgIpc) is 2.45. The van der Waals surface area contributed by atoms with Crippen LogP contribution in [-0.4, -0.2) is 32.2 Å². The molecule has 0 radical (unpaired) electrons. The van der Waals surface area contributed by atoms with Gasteiger partial charge in [-0.2, -0.15) is 0 Å². The summed E-state index contributed by atoms with van der Waals surface area (Å²) in [5.41, 5.74) is -0.850. The summed E-state index contributed by atoms with van der Waals surface area (Å²) < 4.78 is 0. The first-order valence-corrected chi connectivity index (χ1v) is 7.19. The summed E-state index contributed by atoms with van der Waals surface area (Å²) in [5.74, 6) is -3.94. The van der Waals surface area contributed by atoms with E-state index in [2.05, 4.69) is 15.9 Å². The Balaban J connectivity index is 2.66. The second kappa shape index (κ2) is 6.07. The van der Waals surface area contributed by atoms with Gasteiger partial charge in [0.05, 0.1) is 11.1 Å². The monoisotopic (exact) mass is 366 g/mol. The van der Waals surface area contributed by atoms with Gasteiger partial charge >= 0.3 is 5.97 Å². The van der Waals surface area contributed by atoms with Crippen molar-refractivity contribution in [3.8, 4) is 17.2 Å². The van der Waals surface area contributed by atoms with E-state index in [-0.39, 0.29) is 0 Å². The van der Waals surface area contributed by atoms with E-state index in [4.69, 9.17) is 5.11 Å². The van der Waals surface area contributed by atoms with Crippen LogP contribution in [0.15, 0.2) is 30.3 Å². The van der Waals surface area contributed by atoms with Gasteiger partial charge in [-0.1, -0.05) is 22.0 Å². The van der Waals surface area contributed by atoms with Crippen LogP contribution in [0.4, 0.5) is 0 Å². The van der Waals surface area contributed by atoms with Crippen molar-refractivity contribution in [3.05, 3.63) is 52.6 Å². The largest absolute Gasteiger partial charge is 0.507 e. The number of aromatic carboxylic acids is 1. The summed E-state index contributed by atoms with van der Waals surface area (Å²) in [6.07, 6.45) is 0. The fourth-order valence-electron chi connectivity index (χ4n) is 2.06. The summed E-state index contributed by atoms with van der Waals surface area (Å²) in [5, 5.41) is 39.1. The predicted molar refractivity (Wildman–Crippen MR) is 80.9 cm³/mol. The smallest absolute Gasteiger partial charge is 0.336 e. The molecule has 0 bridgehead atoms. The van der Waals surface area contributed by atoms with Gasteiger partial charge in [-0.25, -0.2) is 4.79 Å². The molecule has 0 atom stereocenters. The molecule has 0 saturated carbocycles. The molecule has 0 fully saturated rings. The van der Waals surface area contributed by atoms with Crippen LogP contribution in [0.5, 0.6) is 17.2 Å². The summed E-state index contributed by atoms with van der Waals surface area (Å²) in [7, 11) is 0. The predicted octanol–water partition coefficient (Wildman–Crippen LogP) is 2.63. The highest BCUT2D eigenvalue weighted by atomic mass is 79.9. The standard InChI is InChI=1S/C15H11BrO6/c16-6-7-4-10(18)13(11(19)5-7)14(20)12-8(15(21)22)2-1-3-9(12)17/h1-5,17-19H,6H2,(H,21,22). The zero-order valence-corrected chi connectivity index (χ0v) is 12.7. The number of carboxylic acids is 1. The number of phenols is 3. The van der Waals surface area contributed by atoms with Crippen molar-refractivity contribution in [2.24, 2.45) is 0 Å². The van der Waals surface area contributed by atoms with Crippen LogP contribution >= 0.6 is 15.9 Å². The highest BCUT2D eigenvalue weighted by molar-refractivity contribution is 9.08. The molecule has 0 aliphatic heterocycles. The fourth-order valence-corrected chi connectivity index (χ4v) is 2.38. The minimum atomic E-state index is -1.41. The van der Waals surface area contributed by atoms with Gasteiger partial charge < -0.3 is 20.4 Å². The number of alkyl halides is 1. The van der Waals surface area contributed by atoms with Gasteiger partial charge in [0.25, 0.3) is 0 Å². The van der Waals surface area contributed by atoms with Crippen LogP contribution < -0.4 is 0 Å².